The fourth-order valence-corrected chi connectivity index (χ4v) is 3.01. The normalized spacial score (nSPS) is 10.9. The maximum absolute atomic E-state index is 12.6. The molecule has 0 spiro atoms. The zero-order chi connectivity index (χ0) is 21.5. The average molecular weight is 400 g/mol. The zero-order valence-corrected chi connectivity index (χ0v) is 16.6. The molecule has 0 unspecified atom stereocenters. The van der Waals surface area contributed by atoms with Gasteiger partial charge in [-0.15, -0.1) is 0 Å². The first-order chi connectivity index (χ1) is 14.6. The molecule has 1 amide bonds. The highest BCUT2D eigenvalue weighted by Gasteiger charge is 2.13. The van der Waals surface area contributed by atoms with Gasteiger partial charge in [-0.3, -0.25) is 4.79 Å². The molecule has 0 atom stereocenters. The highest BCUT2D eigenvalue weighted by Crippen LogP contribution is 2.29. The van der Waals surface area contributed by atoms with Gasteiger partial charge in [-0.2, -0.15) is 5.26 Å². The first-order valence-electron chi connectivity index (χ1n) is 9.33. The van der Waals surface area contributed by atoms with E-state index in [1.54, 1.807) is 56.5 Å². The Labute approximate surface area is 174 Å². The number of hydrogen-bond donors (Lipinski definition) is 1. The Morgan fingerprint density at radius 3 is 2.37 bits per heavy atom. The van der Waals surface area contributed by atoms with Crippen molar-refractivity contribution in [3.8, 4) is 11.8 Å². The minimum atomic E-state index is -0.540. The Hall–Kier alpha value is -4.11. The predicted molar refractivity (Wildman–Crippen MR) is 115 cm³/mol. The number of hydrogen-bond acceptors (Lipinski definition) is 5. The van der Waals surface area contributed by atoms with Crippen LogP contribution in [0.15, 0.2) is 66.2 Å². The molecule has 0 aliphatic carbocycles. The fourth-order valence-electron chi connectivity index (χ4n) is 3.01. The molecule has 0 saturated carbocycles. The molecule has 0 aliphatic heterocycles. The Bertz CT molecular complexity index is 1160. The van der Waals surface area contributed by atoms with Crippen molar-refractivity contribution in [2.45, 2.75) is 6.92 Å². The second-order valence-electron chi connectivity index (χ2n) is 6.32. The number of carbonyl (C=O) groups is 2. The highest BCUT2D eigenvalue weighted by atomic mass is 16.5. The lowest BCUT2D eigenvalue weighted by Crippen LogP contribution is -2.13. The molecule has 6 nitrogen and oxygen atoms in total. The monoisotopic (exact) mass is 400 g/mol. The summed E-state index contributed by atoms with van der Waals surface area (Å²) < 4.78 is 10.3. The number of fused-ring (bicyclic) bond motifs is 1. The Kier molecular flexibility index (Phi) is 6.46. The summed E-state index contributed by atoms with van der Waals surface area (Å²) in [6.45, 7) is 2.02. The lowest BCUT2D eigenvalue weighted by molar-refractivity contribution is -0.112. The number of methoxy groups -OCH3 is 1. The second-order valence-corrected chi connectivity index (χ2v) is 6.32. The first kappa shape index (κ1) is 20.6. The average Bonchev–Trinajstić information content (AvgIpc) is 2.78. The van der Waals surface area contributed by atoms with Crippen LogP contribution < -0.4 is 10.1 Å². The number of esters is 1. The lowest BCUT2D eigenvalue weighted by Gasteiger charge is -2.09. The standard InChI is InChI=1S/C24H20N2O4/c1-3-30-24(28)16-8-11-19(12-9-16)26-23(27)18(15-25)14-17-10-13-22(29-2)21-7-5-4-6-20(17)21/h4-14H,3H2,1-2H3,(H,26,27)/b18-14+. The SMILES string of the molecule is CCOC(=O)c1ccc(NC(=O)/C(C#N)=C/c2ccc(OC)c3ccccc23)cc1. The largest absolute Gasteiger partial charge is 0.496 e. The van der Waals surface area contributed by atoms with Gasteiger partial charge in [0, 0.05) is 11.1 Å². The van der Waals surface area contributed by atoms with Gasteiger partial charge in [0.05, 0.1) is 19.3 Å². The van der Waals surface area contributed by atoms with Gasteiger partial charge in [-0.1, -0.05) is 30.3 Å². The van der Waals surface area contributed by atoms with Crippen molar-refractivity contribution < 1.29 is 19.1 Å². The van der Waals surface area contributed by atoms with E-state index in [2.05, 4.69) is 5.32 Å². The molecule has 0 aliphatic rings. The highest BCUT2D eigenvalue weighted by molar-refractivity contribution is 6.11. The summed E-state index contributed by atoms with van der Waals surface area (Å²) in [5.41, 5.74) is 1.54. The van der Waals surface area contributed by atoms with E-state index in [1.165, 1.54) is 0 Å². The molecule has 150 valence electrons. The number of nitrogens with one attached hydrogen (secondary N) is 1. The molecule has 3 aromatic carbocycles. The summed E-state index contributed by atoms with van der Waals surface area (Å²) in [7, 11) is 1.60. The molecule has 0 saturated heterocycles. The lowest BCUT2D eigenvalue weighted by atomic mass is 10.0. The van der Waals surface area contributed by atoms with Crippen LogP contribution in [0.25, 0.3) is 16.8 Å². The van der Waals surface area contributed by atoms with Gasteiger partial charge < -0.3 is 14.8 Å². The summed E-state index contributed by atoms with van der Waals surface area (Å²) in [6.07, 6.45) is 1.55. The molecule has 3 aromatic rings. The van der Waals surface area contributed by atoms with Crippen molar-refractivity contribution in [1.82, 2.24) is 0 Å². The van der Waals surface area contributed by atoms with Gasteiger partial charge >= 0.3 is 5.97 Å². The van der Waals surface area contributed by atoms with Crippen LogP contribution in [0.3, 0.4) is 0 Å². The van der Waals surface area contributed by atoms with Gasteiger partial charge in [0.1, 0.15) is 17.4 Å². The Balaban J connectivity index is 1.85. The topological polar surface area (TPSA) is 88.4 Å². The summed E-state index contributed by atoms with van der Waals surface area (Å²) >= 11 is 0. The van der Waals surface area contributed by atoms with Crippen LogP contribution in [-0.4, -0.2) is 25.6 Å². The molecular weight excluding hydrogens is 380 g/mol. The molecule has 0 bridgehead atoms. The van der Waals surface area contributed by atoms with Gasteiger partial charge in [0.2, 0.25) is 0 Å². The van der Waals surface area contributed by atoms with Crippen molar-refractivity contribution in [2.24, 2.45) is 0 Å². The van der Waals surface area contributed by atoms with E-state index in [0.717, 1.165) is 16.3 Å². The van der Waals surface area contributed by atoms with E-state index >= 15 is 0 Å². The van der Waals surface area contributed by atoms with Crippen LogP contribution in [0.2, 0.25) is 0 Å². The van der Waals surface area contributed by atoms with E-state index in [4.69, 9.17) is 9.47 Å². The van der Waals surface area contributed by atoms with Gasteiger partial charge in [-0.05, 0) is 54.3 Å². The van der Waals surface area contributed by atoms with Gasteiger partial charge in [-0.25, -0.2) is 4.79 Å². The Morgan fingerprint density at radius 2 is 1.73 bits per heavy atom. The van der Waals surface area contributed by atoms with E-state index in [1.807, 2.05) is 30.3 Å². The molecule has 30 heavy (non-hydrogen) atoms. The maximum Gasteiger partial charge on any atom is 0.338 e. The molecule has 0 radical (unpaired) electrons. The van der Waals surface area contributed by atoms with Crippen LogP contribution in [0.1, 0.15) is 22.8 Å². The third-order valence-corrected chi connectivity index (χ3v) is 4.46. The summed E-state index contributed by atoms with van der Waals surface area (Å²) in [6, 6.07) is 19.5. The number of nitriles is 1. The number of amides is 1. The van der Waals surface area contributed by atoms with Crippen LogP contribution in [0, 0.1) is 11.3 Å². The van der Waals surface area contributed by atoms with Crippen molar-refractivity contribution in [2.75, 3.05) is 19.0 Å². The van der Waals surface area contributed by atoms with Gasteiger partial charge in [0.25, 0.3) is 5.91 Å². The van der Waals surface area contributed by atoms with Crippen molar-refractivity contribution in [3.63, 3.8) is 0 Å². The summed E-state index contributed by atoms with van der Waals surface area (Å²) in [5, 5.41) is 14.0. The summed E-state index contributed by atoms with van der Waals surface area (Å²) in [5.74, 6) is -0.256. The van der Waals surface area contributed by atoms with Crippen LogP contribution in [-0.2, 0) is 9.53 Å². The smallest absolute Gasteiger partial charge is 0.338 e. The first-order valence-corrected chi connectivity index (χ1v) is 9.33. The number of rotatable bonds is 6. The molecule has 1 N–H and O–H groups in total. The van der Waals surface area contributed by atoms with Gasteiger partial charge in [0.15, 0.2) is 0 Å². The van der Waals surface area contributed by atoms with E-state index in [-0.39, 0.29) is 12.2 Å². The molecular formula is C24H20N2O4. The van der Waals surface area contributed by atoms with Crippen molar-refractivity contribution in [1.29, 1.82) is 5.26 Å². The molecule has 0 aromatic heterocycles. The molecule has 6 heteroatoms. The van der Waals surface area contributed by atoms with E-state index in [0.29, 0.717) is 17.0 Å². The number of anilines is 1. The van der Waals surface area contributed by atoms with Crippen LogP contribution in [0.4, 0.5) is 5.69 Å². The second kappa shape index (κ2) is 9.39. The molecule has 3 rings (SSSR count). The minimum Gasteiger partial charge on any atom is -0.496 e. The van der Waals surface area contributed by atoms with Crippen LogP contribution >= 0.6 is 0 Å². The molecule has 0 fully saturated rings. The van der Waals surface area contributed by atoms with Crippen molar-refractivity contribution in [3.05, 3.63) is 77.4 Å². The maximum atomic E-state index is 12.6. The van der Waals surface area contributed by atoms with Crippen LogP contribution in [0.5, 0.6) is 5.75 Å². The van der Waals surface area contributed by atoms with Crippen molar-refractivity contribution >= 4 is 34.4 Å². The Morgan fingerprint density at radius 1 is 1.03 bits per heavy atom. The van der Waals surface area contributed by atoms with E-state index < -0.39 is 11.9 Å². The number of nitrogens with zero attached hydrogens (tertiary/aromatic N) is 1. The minimum absolute atomic E-state index is 0.0419. The third-order valence-electron chi connectivity index (χ3n) is 4.46. The quantitative estimate of drug-likeness (QED) is 0.372. The zero-order valence-electron chi connectivity index (χ0n) is 16.6. The number of benzene rings is 3. The molecule has 0 heterocycles. The number of carbonyl (C=O) groups excluding carboxylic acids is 2. The summed E-state index contributed by atoms with van der Waals surface area (Å²) in [4.78, 5) is 24.3. The number of ether oxygens (including phenoxy) is 2. The third kappa shape index (κ3) is 4.47. The van der Waals surface area contributed by atoms with E-state index in [9.17, 15) is 14.9 Å². The predicted octanol–water partition coefficient (Wildman–Crippen LogP) is 4.57. The fraction of sp³-hybridized carbons (Fsp3) is 0.125.